The molecule has 1 N–H and O–H groups in total. The molecule has 0 bridgehead atoms. The van der Waals surface area contributed by atoms with E-state index >= 15 is 0 Å². The number of aromatic nitrogens is 3. The van der Waals surface area contributed by atoms with Crippen molar-refractivity contribution in [3.63, 3.8) is 0 Å². The van der Waals surface area contributed by atoms with Crippen molar-refractivity contribution in [3.05, 3.63) is 28.7 Å². The lowest BCUT2D eigenvalue weighted by Crippen LogP contribution is -2.33. The van der Waals surface area contributed by atoms with Gasteiger partial charge in [-0.05, 0) is 51.5 Å². The first-order valence-electron chi connectivity index (χ1n) is 8.86. The smallest absolute Gasteiger partial charge is 0.220 e. The van der Waals surface area contributed by atoms with Crippen molar-refractivity contribution in [2.24, 2.45) is 5.92 Å². The van der Waals surface area contributed by atoms with Crippen molar-refractivity contribution in [2.75, 3.05) is 0 Å². The van der Waals surface area contributed by atoms with E-state index in [9.17, 15) is 4.79 Å². The second-order valence-electron chi connectivity index (χ2n) is 7.11. The third kappa shape index (κ3) is 4.56. The van der Waals surface area contributed by atoms with Crippen molar-refractivity contribution < 1.29 is 4.79 Å². The van der Waals surface area contributed by atoms with Crippen LogP contribution in [-0.4, -0.2) is 26.5 Å². The number of nitriles is 1. The van der Waals surface area contributed by atoms with E-state index in [1.807, 2.05) is 13.8 Å². The number of aryl methyl sites for hydroxylation is 2. The number of carbonyl (C=O) groups excluding carboxylic acids is 1. The molecule has 0 unspecified atom stereocenters. The van der Waals surface area contributed by atoms with Gasteiger partial charge >= 0.3 is 0 Å². The minimum atomic E-state index is 0.0633. The molecule has 1 amide bonds. The van der Waals surface area contributed by atoms with E-state index < -0.39 is 0 Å². The van der Waals surface area contributed by atoms with Crippen molar-refractivity contribution in [2.45, 2.75) is 66.3 Å². The van der Waals surface area contributed by atoms with E-state index in [4.69, 9.17) is 5.26 Å². The van der Waals surface area contributed by atoms with E-state index in [1.165, 1.54) is 6.20 Å². The van der Waals surface area contributed by atoms with E-state index in [-0.39, 0.29) is 11.9 Å². The Kier molecular flexibility index (Phi) is 6.13. The van der Waals surface area contributed by atoms with Crippen LogP contribution in [0.25, 0.3) is 5.65 Å². The van der Waals surface area contributed by atoms with E-state index in [2.05, 4.69) is 42.2 Å². The molecule has 0 radical (unpaired) electrons. The molecule has 25 heavy (non-hydrogen) atoms. The molecule has 0 aliphatic rings. The molecular weight excluding hydrogens is 314 g/mol. The average molecular weight is 341 g/mol. The lowest BCUT2D eigenvalue weighted by atomic mass is 10.0. The Morgan fingerprint density at radius 1 is 1.32 bits per heavy atom. The molecule has 1 atom stereocenters. The van der Waals surface area contributed by atoms with Gasteiger partial charge in [-0.25, -0.2) is 9.50 Å². The van der Waals surface area contributed by atoms with Crippen molar-refractivity contribution in [1.82, 2.24) is 19.9 Å². The molecular formula is C19H27N5O. The normalized spacial score (nSPS) is 12.4. The predicted molar refractivity (Wildman–Crippen MR) is 97.2 cm³/mol. The standard InChI is InChI=1S/C19H27N5O/c1-12(2)6-7-13(3)22-18(25)9-8-17-14(4)23-19-16(10-20)11-21-24(19)15(17)5/h11-13H,6-9H2,1-5H3,(H,22,25)/t13-/m0/s1. The van der Waals surface area contributed by atoms with E-state index in [1.54, 1.807) is 4.52 Å². The Bertz CT molecular complexity index is 800. The minimum absolute atomic E-state index is 0.0633. The Labute approximate surface area is 149 Å². The molecule has 2 aromatic rings. The highest BCUT2D eigenvalue weighted by atomic mass is 16.1. The quantitative estimate of drug-likeness (QED) is 0.839. The fourth-order valence-electron chi connectivity index (χ4n) is 2.99. The first-order valence-corrected chi connectivity index (χ1v) is 8.86. The molecule has 6 heteroatoms. The molecule has 0 spiro atoms. The van der Waals surface area contributed by atoms with Gasteiger partial charge in [0.05, 0.1) is 6.20 Å². The molecule has 6 nitrogen and oxygen atoms in total. The number of nitrogens with one attached hydrogen (secondary N) is 1. The van der Waals surface area contributed by atoms with Gasteiger partial charge in [0.1, 0.15) is 11.6 Å². The van der Waals surface area contributed by atoms with Gasteiger partial charge in [-0.3, -0.25) is 4.79 Å². The fraction of sp³-hybridized carbons (Fsp3) is 0.579. The van der Waals surface area contributed by atoms with Crippen LogP contribution < -0.4 is 5.32 Å². The summed E-state index contributed by atoms with van der Waals surface area (Å²) in [6, 6.07) is 2.30. The fourth-order valence-corrected chi connectivity index (χ4v) is 2.99. The number of carbonyl (C=O) groups is 1. The Hall–Kier alpha value is -2.42. The maximum atomic E-state index is 12.2. The van der Waals surface area contributed by atoms with Crippen molar-refractivity contribution >= 4 is 11.6 Å². The van der Waals surface area contributed by atoms with Crippen LogP contribution >= 0.6 is 0 Å². The number of rotatable bonds is 7. The Morgan fingerprint density at radius 3 is 2.68 bits per heavy atom. The summed E-state index contributed by atoms with van der Waals surface area (Å²) in [5.74, 6) is 0.711. The van der Waals surface area contributed by atoms with Crippen LogP contribution in [0.5, 0.6) is 0 Å². The van der Waals surface area contributed by atoms with Crippen LogP contribution in [0.15, 0.2) is 6.20 Å². The summed E-state index contributed by atoms with van der Waals surface area (Å²) in [4.78, 5) is 16.7. The lowest BCUT2D eigenvalue weighted by molar-refractivity contribution is -0.121. The van der Waals surface area contributed by atoms with Crippen LogP contribution in [0.3, 0.4) is 0 Å². The van der Waals surface area contributed by atoms with Gasteiger partial charge in [0.2, 0.25) is 5.91 Å². The number of fused-ring (bicyclic) bond motifs is 1. The summed E-state index contributed by atoms with van der Waals surface area (Å²) in [6.45, 7) is 10.3. The molecule has 2 aromatic heterocycles. The highest BCUT2D eigenvalue weighted by molar-refractivity contribution is 5.76. The van der Waals surface area contributed by atoms with Gasteiger partial charge in [0.25, 0.3) is 0 Å². The van der Waals surface area contributed by atoms with Crippen molar-refractivity contribution in [1.29, 1.82) is 5.26 Å². The number of amides is 1. The van der Waals surface area contributed by atoms with Crippen LogP contribution in [0.4, 0.5) is 0 Å². The van der Waals surface area contributed by atoms with E-state index in [0.29, 0.717) is 30.0 Å². The molecule has 0 aromatic carbocycles. The highest BCUT2D eigenvalue weighted by Gasteiger charge is 2.15. The monoisotopic (exact) mass is 341 g/mol. The maximum absolute atomic E-state index is 12.2. The number of hydrogen-bond donors (Lipinski definition) is 1. The zero-order valence-corrected chi connectivity index (χ0v) is 15.8. The first-order chi connectivity index (χ1) is 11.8. The molecule has 0 fully saturated rings. The summed E-state index contributed by atoms with van der Waals surface area (Å²) in [5, 5.41) is 16.4. The summed E-state index contributed by atoms with van der Waals surface area (Å²) in [6.07, 6.45) is 4.68. The van der Waals surface area contributed by atoms with Gasteiger partial charge in [-0.1, -0.05) is 13.8 Å². The second kappa shape index (κ2) is 8.11. The molecule has 0 aliphatic carbocycles. The largest absolute Gasteiger partial charge is 0.354 e. The number of nitrogens with zero attached hydrogens (tertiary/aromatic N) is 4. The Balaban J connectivity index is 2.03. The Morgan fingerprint density at radius 2 is 2.04 bits per heavy atom. The first kappa shape index (κ1) is 18.9. The van der Waals surface area contributed by atoms with Gasteiger partial charge < -0.3 is 5.32 Å². The van der Waals surface area contributed by atoms with Gasteiger partial charge in [-0.15, -0.1) is 0 Å². The molecule has 134 valence electrons. The van der Waals surface area contributed by atoms with Gasteiger partial charge in [0, 0.05) is 23.9 Å². The second-order valence-corrected chi connectivity index (χ2v) is 7.11. The molecule has 2 heterocycles. The van der Waals surface area contributed by atoms with Crippen LogP contribution in [-0.2, 0) is 11.2 Å². The van der Waals surface area contributed by atoms with Crippen molar-refractivity contribution in [3.8, 4) is 6.07 Å². The third-order valence-electron chi connectivity index (χ3n) is 4.52. The van der Waals surface area contributed by atoms with E-state index in [0.717, 1.165) is 29.8 Å². The van der Waals surface area contributed by atoms with Gasteiger partial charge in [0.15, 0.2) is 5.65 Å². The summed E-state index contributed by atoms with van der Waals surface area (Å²) in [5.41, 5.74) is 3.85. The molecule has 0 saturated heterocycles. The summed E-state index contributed by atoms with van der Waals surface area (Å²) >= 11 is 0. The zero-order valence-electron chi connectivity index (χ0n) is 15.8. The lowest BCUT2D eigenvalue weighted by Gasteiger charge is -2.16. The summed E-state index contributed by atoms with van der Waals surface area (Å²) < 4.78 is 1.68. The zero-order chi connectivity index (χ0) is 18.6. The SMILES string of the molecule is Cc1nc2c(C#N)cnn2c(C)c1CCC(=O)N[C@@H](C)CCC(C)C. The number of hydrogen-bond acceptors (Lipinski definition) is 4. The summed E-state index contributed by atoms with van der Waals surface area (Å²) in [7, 11) is 0. The molecule has 0 saturated carbocycles. The topological polar surface area (TPSA) is 83.1 Å². The third-order valence-corrected chi connectivity index (χ3v) is 4.52. The highest BCUT2D eigenvalue weighted by Crippen LogP contribution is 2.18. The molecule has 0 aliphatic heterocycles. The van der Waals surface area contributed by atoms with Gasteiger partial charge in [-0.2, -0.15) is 10.4 Å². The molecule has 2 rings (SSSR count). The van der Waals surface area contributed by atoms with Crippen LogP contribution in [0.2, 0.25) is 0 Å². The van der Waals surface area contributed by atoms with Crippen LogP contribution in [0.1, 0.15) is 62.5 Å². The average Bonchev–Trinajstić information content (AvgIpc) is 2.95. The maximum Gasteiger partial charge on any atom is 0.220 e. The predicted octanol–water partition coefficient (Wildman–Crippen LogP) is 3.09. The minimum Gasteiger partial charge on any atom is -0.354 e. The van der Waals surface area contributed by atoms with Crippen LogP contribution in [0, 0.1) is 31.1 Å².